The van der Waals surface area contributed by atoms with E-state index >= 15 is 0 Å². The maximum Gasteiger partial charge on any atom is 0.336 e. The molecule has 2 heterocycles. The molecule has 0 aliphatic rings. The summed E-state index contributed by atoms with van der Waals surface area (Å²) in [5.74, 6) is -1.04. The van der Waals surface area contributed by atoms with Crippen LogP contribution in [0.2, 0.25) is 0 Å². The van der Waals surface area contributed by atoms with Crippen LogP contribution in [0.15, 0.2) is 43.9 Å². The molecule has 3 rings (SSSR count). The first-order valence-electron chi connectivity index (χ1n) is 6.95. The lowest BCUT2D eigenvalue weighted by molar-refractivity contribution is 0.0693. The van der Waals surface area contributed by atoms with Crippen molar-refractivity contribution in [3.8, 4) is 0 Å². The summed E-state index contributed by atoms with van der Waals surface area (Å²) in [5.41, 5.74) is -0.229. The highest BCUT2D eigenvalue weighted by Gasteiger charge is 2.19. The molecule has 0 radical (unpaired) electrons. The standard InChI is InChI=1S/C15H14N4O4S/c1-17-11-10(12(20)19(3)15(23)18(11)2)16-14(17)24-9-7-5-4-6-8(9)13(21)22/h4-7H,1-3H3,(H,21,22). The quantitative estimate of drug-likeness (QED) is 0.754. The molecule has 0 aliphatic heterocycles. The maximum absolute atomic E-state index is 12.3. The average molecular weight is 346 g/mol. The number of rotatable bonds is 3. The van der Waals surface area contributed by atoms with Crippen LogP contribution in [0, 0.1) is 0 Å². The van der Waals surface area contributed by atoms with Crippen LogP contribution < -0.4 is 11.2 Å². The predicted octanol–water partition coefficient (Wildman–Crippen LogP) is 0.820. The van der Waals surface area contributed by atoms with E-state index in [9.17, 15) is 19.5 Å². The minimum Gasteiger partial charge on any atom is -0.478 e. The summed E-state index contributed by atoms with van der Waals surface area (Å²) in [6.07, 6.45) is 0. The predicted molar refractivity (Wildman–Crippen MR) is 88.7 cm³/mol. The second-order valence-electron chi connectivity index (χ2n) is 5.23. The van der Waals surface area contributed by atoms with Crippen LogP contribution in [0.5, 0.6) is 0 Å². The molecule has 2 aromatic heterocycles. The zero-order valence-corrected chi connectivity index (χ0v) is 14.0. The van der Waals surface area contributed by atoms with Gasteiger partial charge in [-0.2, -0.15) is 0 Å². The number of hydrogen-bond acceptors (Lipinski definition) is 5. The Morgan fingerprint density at radius 3 is 2.42 bits per heavy atom. The number of carbonyl (C=O) groups is 1. The second kappa shape index (κ2) is 5.68. The van der Waals surface area contributed by atoms with Gasteiger partial charge in [0.1, 0.15) is 0 Å². The number of carboxylic acids is 1. The molecule has 24 heavy (non-hydrogen) atoms. The Kier molecular flexibility index (Phi) is 3.80. The molecule has 0 bridgehead atoms. The summed E-state index contributed by atoms with van der Waals surface area (Å²) in [5, 5.41) is 9.70. The van der Waals surface area contributed by atoms with Gasteiger partial charge in [0.2, 0.25) is 0 Å². The maximum atomic E-state index is 12.3. The Morgan fingerprint density at radius 2 is 1.75 bits per heavy atom. The molecule has 0 spiro atoms. The molecule has 0 saturated heterocycles. The van der Waals surface area contributed by atoms with Gasteiger partial charge in [-0.05, 0) is 12.1 Å². The van der Waals surface area contributed by atoms with Crippen molar-refractivity contribution >= 4 is 28.9 Å². The Labute approximate surface area is 140 Å². The minimum absolute atomic E-state index is 0.149. The zero-order chi connectivity index (χ0) is 17.6. The van der Waals surface area contributed by atoms with Crippen LogP contribution >= 0.6 is 11.8 Å². The van der Waals surface area contributed by atoms with Gasteiger partial charge in [0, 0.05) is 26.0 Å². The molecule has 8 nitrogen and oxygen atoms in total. The van der Waals surface area contributed by atoms with E-state index < -0.39 is 17.2 Å². The van der Waals surface area contributed by atoms with Crippen molar-refractivity contribution in [1.82, 2.24) is 18.7 Å². The van der Waals surface area contributed by atoms with Gasteiger partial charge >= 0.3 is 11.7 Å². The third kappa shape index (κ3) is 2.33. The summed E-state index contributed by atoms with van der Waals surface area (Å²) >= 11 is 1.13. The van der Waals surface area contributed by atoms with E-state index in [1.54, 1.807) is 36.9 Å². The molecule has 0 unspecified atom stereocenters. The first-order valence-corrected chi connectivity index (χ1v) is 7.77. The van der Waals surface area contributed by atoms with Gasteiger partial charge in [-0.3, -0.25) is 13.9 Å². The van der Waals surface area contributed by atoms with Crippen LogP contribution in [-0.2, 0) is 21.1 Å². The summed E-state index contributed by atoms with van der Waals surface area (Å²) in [6, 6.07) is 6.54. The molecule has 9 heteroatoms. The summed E-state index contributed by atoms with van der Waals surface area (Å²) < 4.78 is 3.95. The highest BCUT2D eigenvalue weighted by Crippen LogP contribution is 2.30. The lowest BCUT2D eigenvalue weighted by Gasteiger charge is -2.07. The van der Waals surface area contributed by atoms with Crippen molar-refractivity contribution in [2.45, 2.75) is 10.1 Å². The highest BCUT2D eigenvalue weighted by molar-refractivity contribution is 7.99. The van der Waals surface area contributed by atoms with E-state index in [0.29, 0.717) is 15.7 Å². The molecular weight excluding hydrogens is 332 g/mol. The van der Waals surface area contributed by atoms with Crippen molar-refractivity contribution in [2.75, 3.05) is 0 Å². The molecule has 0 aliphatic carbocycles. The van der Waals surface area contributed by atoms with Crippen LogP contribution in [0.4, 0.5) is 0 Å². The fourth-order valence-corrected chi connectivity index (χ4v) is 3.45. The number of aryl methyl sites for hydroxylation is 2. The van der Waals surface area contributed by atoms with Gasteiger partial charge < -0.3 is 9.67 Å². The number of nitrogens with zero attached hydrogens (tertiary/aromatic N) is 4. The lowest BCUT2D eigenvalue weighted by atomic mass is 10.2. The molecule has 124 valence electrons. The number of carboxylic acid groups (broad SMARTS) is 1. The lowest BCUT2D eigenvalue weighted by Crippen LogP contribution is -2.37. The Bertz CT molecular complexity index is 1090. The Morgan fingerprint density at radius 1 is 1.08 bits per heavy atom. The van der Waals surface area contributed by atoms with Crippen LogP contribution in [0.1, 0.15) is 10.4 Å². The number of benzene rings is 1. The second-order valence-corrected chi connectivity index (χ2v) is 6.24. The van der Waals surface area contributed by atoms with Crippen LogP contribution in [0.25, 0.3) is 11.2 Å². The highest BCUT2D eigenvalue weighted by atomic mass is 32.2. The van der Waals surface area contributed by atoms with Crippen molar-refractivity contribution < 1.29 is 9.90 Å². The summed E-state index contributed by atoms with van der Waals surface area (Å²) in [7, 11) is 4.64. The molecule has 0 amide bonds. The van der Waals surface area contributed by atoms with E-state index in [4.69, 9.17) is 0 Å². The molecule has 1 N–H and O–H groups in total. The van der Waals surface area contributed by atoms with Crippen molar-refractivity contribution in [2.24, 2.45) is 21.1 Å². The molecule has 0 saturated carbocycles. The van der Waals surface area contributed by atoms with Crippen molar-refractivity contribution in [3.05, 3.63) is 50.7 Å². The molecule has 0 atom stereocenters. The summed E-state index contributed by atoms with van der Waals surface area (Å²) in [6.45, 7) is 0. The number of fused-ring (bicyclic) bond motifs is 1. The molecule has 0 fully saturated rings. The van der Waals surface area contributed by atoms with Crippen molar-refractivity contribution in [3.63, 3.8) is 0 Å². The molecule has 1 aromatic carbocycles. The van der Waals surface area contributed by atoms with E-state index in [1.165, 1.54) is 17.7 Å². The minimum atomic E-state index is -1.04. The van der Waals surface area contributed by atoms with Gasteiger partial charge in [0.15, 0.2) is 16.3 Å². The summed E-state index contributed by atoms with van der Waals surface area (Å²) in [4.78, 5) is 40.5. The van der Waals surface area contributed by atoms with Crippen molar-refractivity contribution in [1.29, 1.82) is 0 Å². The Hall–Kier alpha value is -2.81. The number of aromatic nitrogens is 4. The number of imidazole rings is 1. The molecular formula is C15H14N4O4S. The number of aromatic carboxylic acids is 1. The van der Waals surface area contributed by atoms with Crippen LogP contribution in [0.3, 0.4) is 0 Å². The Balaban J connectivity index is 2.23. The van der Waals surface area contributed by atoms with E-state index in [1.807, 2.05) is 0 Å². The van der Waals surface area contributed by atoms with E-state index in [0.717, 1.165) is 16.3 Å². The van der Waals surface area contributed by atoms with Gasteiger partial charge in [0.25, 0.3) is 5.56 Å². The van der Waals surface area contributed by atoms with E-state index in [2.05, 4.69) is 4.98 Å². The SMILES string of the molecule is Cn1c(=O)c2nc(Sc3ccccc3C(=O)O)n(C)c2n(C)c1=O. The normalized spacial score (nSPS) is 11.1. The smallest absolute Gasteiger partial charge is 0.336 e. The number of hydrogen-bond donors (Lipinski definition) is 1. The van der Waals surface area contributed by atoms with Gasteiger partial charge in [0.05, 0.1) is 5.56 Å². The first-order chi connectivity index (χ1) is 11.3. The molecule has 3 aromatic rings. The van der Waals surface area contributed by atoms with Gasteiger partial charge in [-0.25, -0.2) is 14.6 Å². The monoisotopic (exact) mass is 346 g/mol. The fourth-order valence-electron chi connectivity index (χ4n) is 2.48. The zero-order valence-electron chi connectivity index (χ0n) is 13.2. The third-order valence-electron chi connectivity index (χ3n) is 3.74. The fraction of sp³-hybridized carbons (Fsp3) is 0.200. The largest absolute Gasteiger partial charge is 0.478 e. The first kappa shape index (κ1) is 16.1. The topological polar surface area (TPSA) is 99.1 Å². The van der Waals surface area contributed by atoms with Crippen LogP contribution in [-0.4, -0.2) is 29.8 Å². The van der Waals surface area contributed by atoms with Gasteiger partial charge in [-0.1, -0.05) is 23.9 Å². The van der Waals surface area contributed by atoms with Gasteiger partial charge in [-0.15, -0.1) is 0 Å². The third-order valence-corrected chi connectivity index (χ3v) is 4.87. The van der Waals surface area contributed by atoms with E-state index in [-0.39, 0.29) is 11.1 Å². The average Bonchev–Trinajstić information content (AvgIpc) is 2.88.